The first-order chi connectivity index (χ1) is 9.09. The van der Waals surface area contributed by atoms with Gasteiger partial charge in [-0.25, -0.2) is 8.42 Å². The van der Waals surface area contributed by atoms with Crippen molar-refractivity contribution in [2.45, 2.75) is 31.7 Å². The highest BCUT2D eigenvalue weighted by Crippen LogP contribution is 2.32. The predicted octanol–water partition coefficient (Wildman–Crippen LogP) is 3.90. The van der Waals surface area contributed by atoms with Crippen LogP contribution in [-0.2, 0) is 9.05 Å². The van der Waals surface area contributed by atoms with Crippen molar-refractivity contribution in [2.75, 3.05) is 6.54 Å². The van der Waals surface area contributed by atoms with Crippen LogP contribution < -0.4 is 0 Å². The third kappa shape index (κ3) is 3.87. The maximum Gasteiger partial charge on any atom is 0.262 e. The number of carbonyl (C=O) groups excluding carboxylic acids is 1. The lowest BCUT2D eigenvalue weighted by Gasteiger charge is -2.26. The Labute approximate surface area is 136 Å². The molecule has 1 amide bonds. The van der Waals surface area contributed by atoms with Crippen LogP contribution in [0.25, 0.3) is 0 Å². The van der Waals surface area contributed by atoms with Crippen LogP contribution in [0.1, 0.15) is 31.1 Å². The predicted molar refractivity (Wildman–Crippen MR) is 84.0 cm³/mol. The number of nitrogens with zero attached hydrogens (tertiary/aromatic N) is 1. The van der Waals surface area contributed by atoms with E-state index in [4.69, 9.17) is 22.3 Å². The van der Waals surface area contributed by atoms with Crippen LogP contribution in [-0.4, -0.2) is 31.8 Å². The zero-order valence-electron chi connectivity index (χ0n) is 11.2. The van der Waals surface area contributed by atoms with Gasteiger partial charge in [0.25, 0.3) is 15.0 Å². The highest BCUT2D eigenvalue weighted by Gasteiger charge is 2.25. The Balaban J connectivity index is 3.47. The molecule has 0 N–H and O–H groups in total. The van der Waals surface area contributed by atoms with Crippen molar-refractivity contribution >= 4 is 53.2 Å². The number of benzene rings is 1. The molecule has 4 nitrogen and oxygen atoms in total. The minimum atomic E-state index is -4.03. The Hall–Kier alpha value is -0.300. The maximum absolute atomic E-state index is 12.5. The number of hydrogen-bond acceptors (Lipinski definition) is 3. The fourth-order valence-corrected chi connectivity index (χ4v) is 3.97. The summed E-state index contributed by atoms with van der Waals surface area (Å²) in [6.07, 6.45) is 0. The van der Waals surface area contributed by atoms with Gasteiger partial charge in [-0.2, -0.15) is 0 Å². The van der Waals surface area contributed by atoms with Crippen LogP contribution in [0, 0.1) is 0 Å². The normalized spacial score (nSPS) is 11.8. The summed E-state index contributed by atoms with van der Waals surface area (Å²) in [5, 5.41) is -0.160. The summed E-state index contributed by atoms with van der Waals surface area (Å²) in [6, 6.07) is 2.73. The van der Waals surface area contributed by atoms with Gasteiger partial charge in [-0.1, -0.05) is 27.5 Å². The molecule has 0 radical (unpaired) electrons. The van der Waals surface area contributed by atoms with Crippen LogP contribution in [0.4, 0.5) is 0 Å². The van der Waals surface area contributed by atoms with Crippen molar-refractivity contribution in [1.82, 2.24) is 4.90 Å². The molecule has 0 saturated carbocycles. The summed E-state index contributed by atoms with van der Waals surface area (Å²) in [5.74, 6) is -0.338. The van der Waals surface area contributed by atoms with Gasteiger partial charge in [-0.15, -0.1) is 0 Å². The first kappa shape index (κ1) is 17.8. The number of hydrogen-bond donors (Lipinski definition) is 0. The van der Waals surface area contributed by atoms with Gasteiger partial charge in [0.2, 0.25) is 0 Å². The second-order valence-electron chi connectivity index (χ2n) is 4.39. The van der Waals surface area contributed by atoms with Crippen LogP contribution in [0.3, 0.4) is 0 Å². The molecule has 1 aromatic carbocycles. The molecule has 0 aromatic heterocycles. The fourth-order valence-electron chi connectivity index (χ4n) is 1.80. The van der Waals surface area contributed by atoms with Crippen LogP contribution >= 0.6 is 38.2 Å². The Morgan fingerprint density at radius 3 is 2.35 bits per heavy atom. The first-order valence-electron chi connectivity index (χ1n) is 5.84. The highest BCUT2D eigenvalue weighted by molar-refractivity contribution is 9.10. The summed E-state index contributed by atoms with van der Waals surface area (Å²) >= 11 is 9.20. The second-order valence-corrected chi connectivity index (χ2v) is 8.22. The molecule has 0 atom stereocenters. The van der Waals surface area contributed by atoms with E-state index < -0.39 is 9.05 Å². The van der Waals surface area contributed by atoms with E-state index in [9.17, 15) is 13.2 Å². The molecule has 0 bridgehead atoms. The van der Waals surface area contributed by atoms with Crippen LogP contribution in [0.2, 0.25) is 5.02 Å². The van der Waals surface area contributed by atoms with Gasteiger partial charge in [-0.3, -0.25) is 4.79 Å². The first-order valence-corrected chi connectivity index (χ1v) is 9.32. The lowest BCUT2D eigenvalue weighted by Crippen LogP contribution is -2.36. The van der Waals surface area contributed by atoms with E-state index in [-0.39, 0.29) is 27.4 Å². The van der Waals surface area contributed by atoms with Crippen molar-refractivity contribution in [1.29, 1.82) is 0 Å². The van der Waals surface area contributed by atoms with Gasteiger partial charge >= 0.3 is 0 Å². The topological polar surface area (TPSA) is 54.5 Å². The molecule has 8 heteroatoms. The number of amides is 1. The molecule has 20 heavy (non-hydrogen) atoms. The quantitative estimate of drug-likeness (QED) is 0.717. The average Bonchev–Trinajstić information content (AvgIpc) is 2.30. The van der Waals surface area contributed by atoms with Gasteiger partial charge in [0, 0.05) is 27.7 Å². The van der Waals surface area contributed by atoms with E-state index in [1.54, 1.807) is 4.90 Å². The van der Waals surface area contributed by atoms with E-state index >= 15 is 0 Å². The van der Waals surface area contributed by atoms with E-state index in [1.807, 2.05) is 20.8 Å². The van der Waals surface area contributed by atoms with Crippen molar-refractivity contribution in [2.24, 2.45) is 0 Å². The van der Waals surface area contributed by atoms with E-state index in [0.29, 0.717) is 11.0 Å². The zero-order valence-corrected chi connectivity index (χ0v) is 15.1. The van der Waals surface area contributed by atoms with Crippen molar-refractivity contribution in [3.05, 3.63) is 27.2 Å². The van der Waals surface area contributed by atoms with Crippen molar-refractivity contribution < 1.29 is 13.2 Å². The molecule has 0 saturated heterocycles. The smallest absolute Gasteiger partial charge is 0.262 e. The molecule has 112 valence electrons. The monoisotopic (exact) mass is 401 g/mol. The molecular weight excluding hydrogens is 389 g/mol. The molecule has 1 aromatic rings. The summed E-state index contributed by atoms with van der Waals surface area (Å²) < 4.78 is 23.4. The standard InChI is InChI=1S/C12H14BrCl2NO3S/c1-4-16(7(2)3)12(17)9-5-8(13)6-10(11(9)14)20(15,18)19/h5-7H,4H2,1-3H3. The maximum atomic E-state index is 12.5. The lowest BCUT2D eigenvalue weighted by atomic mass is 10.1. The molecule has 0 heterocycles. The SMILES string of the molecule is CCN(C(=O)c1cc(Br)cc(S(=O)(=O)Cl)c1Cl)C(C)C. The number of rotatable bonds is 4. The third-order valence-electron chi connectivity index (χ3n) is 2.72. The van der Waals surface area contributed by atoms with Crippen LogP contribution in [0.5, 0.6) is 0 Å². The summed E-state index contributed by atoms with van der Waals surface area (Å²) in [5.41, 5.74) is 0.107. The van der Waals surface area contributed by atoms with Crippen molar-refractivity contribution in [3.8, 4) is 0 Å². The Kier molecular flexibility index (Phi) is 5.89. The molecule has 0 aliphatic rings. The summed E-state index contributed by atoms with van der Waals surface area (Å²) in [6.45, 7) is 6.06. The molecule has 1 rings (SSSR count). The molecule has 0 aliphatic carbocycles. The molecule has 0 spiro atoms. The summed E-state index contributed by atoms with van der Waals surface area (Å²) in [4.78, 5) is 13.8. The fraction of sp³-hybridized carbons (Fsp3) is 0.417. The number of halogens is 3. The Morgan fingerprint density at radius 2 is 1.95 bits per heavy atom. The Morgan fingerprint density at radius 1 is 1.40 bits per heavy atom. The second kappa shape index (κ2) is 6.64. The largest absolute Gasteiger partial charge is 0.336 e. The van der Waals surface area contributed by atoms with E-state index in [2.05, 4.69) is 15.9 Å². The molecule has 0 aliphatic heterocycles. The van der Waals surface area contributed by atoms with Gasteiger partial charge < -0.3 is 4.90 Å². The number of carbonyl (C=O) groups is 1. The molecule has 0 unspecified atom stereocenters. The third-order valence-corrected chi connectivity index (χ3v) is 5.05. The highest BCUT2D eigenvalue weighted by atomic mass is 79.9. The summed E-state index contributed by atoms with van der Waals surface area (Å²) in [7, 11) is 1.31. The lowest BCUT2D eigenvalue weighted by molar-refractivity contribution is 0.0717. The molecule has 0 fully saturated rings. The van der Waals surface area contributed by atoms with Gasteiger partial charge in [0.1, 0.15) is 4.90 Å². The molecular formula is C12H14BrCl2NO3S. The minimum Gasteiger partial charge on any atom is -0.336 e. The van der Waals surface area contributed by atoms with Gasteiger partial charge in [-0.05, 0) is 32.9 Å². The van der Waals surface area contributed by atoms with E-state index in [1.165, 1.54) is 12.1 Å². The van der Waals surface area contributed by atoms with E-state index in [0.717, 1.165) is 0 Å². The van der Waals surface area contributed by atoms with Crippen molar-refractivity contribution in [3.63, 3.8) is 0 Å². The van der Waals surface area contributed by atoms with Crippen LogP contribution in [0.15, 0.2) is 21.5 Å². The average molecular weight is 403 g/mol. The van der Waals surface area contributed by atoms with Gasteiger partial charge in [0.15, 0.2) is 0 Å². The minimum absolute atomic E-state index is 0.0291. The Bertz CT molecular complexity index is 632. The zero-order chi connectivity index (χ0) is 15.7. The van der Waals surface area contributed by atoms with Gasteiger partial charge in [0.05, 0.1) is 10.6 Å².